The fraction of sp³-hybridized carbons (Fsp3) is 0.308. The van der Waals surface area contributed by atoms with Crippen molar-refractivity contribution in [3.63, 3.8) is 0 Å². The summed E-state index contributed by atoms with van der Waals surface area (Å²) in [7, 11) is 0. The minimum absolute atomic E-state index is 0.0820. The van der Waals surface area contributed by atoms with E-state index in [1.54, 1.807) is 23.5 Å². The second-order valence-corrected chi connectivity index (χ2v) is 5.56. The van der Waals surface area contributed by atoms with Crippen molar-refractivity contribution in [2.24, 2.45) is 0 Å². The summed E-state index contributed by atoms with van der Waals surface area (Å²) in [6.45, 7) is 4.47. The number of benzene rings is 1. The van der Waals surface area contributed by atoms with Gasteiger partial charge in [0.1, 0.15) is 5.01 Å². The van der Waals surface area contributed by atoms with Crippen LogP contribution in [0.5, 0.6) is 0 Å². The monoisotopic (exact) mass is 277 g/mol. The molecule has 1 unspecified atom stereocenters. The standard InChI is InChI=1S/C13H15N3O2S/c1-9-7-15-13(19-9)10(2)14-8-11-5-3-4-6-12(11)16(17)18/h3-7,10,14H,8H2,1-2H3. The van der Waals surface area contributed by atoms with E-state index in [4.69, 9.17) is 0 Å². The number of para-hydroxylation sites is 1. The molecular formula is C13H15N3O2S. The molecule has 0 aliphatic rings. The number of thiazole rings is 1. The predicted octanol–water partition coefficient (Wildman–Crippen LogP) is 3.21. The van der Waals surface area contributed by atoms with E-state index in [1.165, 1.54) is 6.07 Å². The fourth-order valence-electron chi connectivity index (χ4n) is 1.76. The Morgan fingerprint density at radius 3 is 2.84 bits per heavy atom. The highest BCUT2D eigenvalue weighted by Crippen LogP contribution is 2.21. The largest absolute Gasteiger partial charge is 0.304 e. The molecular weight excluding hydrogens is 262 g/mol. The van der Waals surface area contributed by atoms with Gasteiger partial charge in [0, 0.05) is 29.2 Å². The Kier molecular flexibility index (Phi) is 4.24. The molecule has 0 saturated carbocycles. The molecule has 0 spiro atoms. The molecule has 1 heterocycles. The number of nitrogens with zero attached hydrogens (tertiary/aromatic N) is 2. The van der Waals surface area contributed by atoms with Crippen LogP contribution in [0.3, 0.4) is 0 Å². The second kappa shape index (κ2) is 5.90. The fourth-order valence-corrected chi connectivity index (χ4v) is 2.56. The second-order valence-electron chi connectivity index (χ2n) is 4.30. The van der Waals surface area contributed by atoms with Crippen molar-refractivity contribution in [3.8, 4) is 0 Å². The highest BCUT2D eigenvalue weighted by atomic mass is 32.1. The number of nitro groups is 1. The summed E-state index contributed by atoms with van der Waals surface area (Å²) in [4.78, 5) is 16.0. The number of aromatic nitrogens is 1. The zero-order valence-corrected chi connectivity index (χ0v) is 11.6. The van der Waals surface area contributed by atoms with E-state index in [-0.39, 0.29) is 16.7 Å². The van der Waals surface area contributed by atoms with E-state index in [2.05, 4.69) is 10.3 Å². The molecule has 1 N–H and O–H groups in total. The van der Waals surface area contributed by atoms with Crippen molar-refractivity contribution >= 4 is 17.0 Å². The number of nitrogens with one attached hydrogen (secondary N) is 1. The van der Waals surface area contributed by atoms with Crippen LogP contribution in [0.1, 0.15) is 28.4 Å². The van der Waals surface area contributed by atoms with Crippen LogP contribution in [-0.4, -0.2) is 9.91 Å². The van der Waals surface area contributed by atoms with Crippen LogP contribution in [0.15, 0.2) is 30.5 Å². The average Bonchev–Trinajstić information content (AvgIpc) is 2.83. The Bertz CT molecular complexity index is 583. The van der Waals surface area contributed by atoms with Crippen molar-refractivity contribution < 1.29 is 4.92 Å². The summed E-state index contributed by atoms with van der Waals surface area (Å²) in [5.41, 5.74) is 0.838. The first-order valence-electron chi connectivity index (χ1n) is 5.96. The van der Waals surface area contributed by atoms with Gasteiger partial charge in [0.15, 0.2) is 0 Å². The van der Waals surface area contributed by atoms with Gasteiger partial charge in [-0.1, -0.05) is 18.2 Å². The molecule has 0 aliphatic carbocycles. The van der Waals surface area contributed by atoms with Gasteiger partial charge in [0.05, 0.1) is 11.0 Å². The Morgan fingerprint density at radius 1 is 1.47 bits per heavy atom. The van der Waals surface area contributed by atoms with E-state index in [0.29, 0.717) is 12.1 Å². The van der Waals surface area contributed by atoms with Gasteiger partial charge >= 0.3 is 0 Å². The van der Waals surface area contributed by atoms with E-state index in [9.17, 15) is 10.1 Å². The Balaban J connectivity index is 2.05. The highest BCUT2D eigenvalue weighted by molar-refractivity contribution is 7.11. The third-order valence-corrected chi connectivity index (χ3v) is 3.89. The zero-order valence-electron chi connectivity index (χ0n) is 10.8. The first kappa shape index (κ1) is 13.6. The Labute approximate surface area is 115 Å². The van der Waals surface area contributed by atoms with Gasteiger partial charge in [0.25, 0.3) is 5.69 Å². The number of hydrogen-bond donors (Lipinski definition) is 1. The van der Waals surface area contributed by atoms with Gasteiger partial charge in [-0.15, -0.1) is 11.3 Å². The lowest BCUT2D eigenvalue weighted by atomic mass is 10.1. The van der Waals surface area contributed by atoms with Crippen molar-refractivity contribution in [1.29, 1.82) is 0 Å². The molecule has 1 atom stereocenters. The molecule has 0 bridgehead atoms. The van der Waals surface area contributed by atoms with Gasteiger partial charge in [-0.2, -0.15) is 0 Å². The average molecular weight is 277 g/mol. The first-order valence-corrected chi connectivity index (χ1v) is 6.77. The SMILES string of the molecule is Cc1cnc(C(C)NCc2ccccc2[N+](=O)[O-])s1. The third kappa shape index (κ3) is 3.36. The summed E-state index contributed by atoms with van der Waals surface area (Å²) in [5, 5.41) is 15.2. The first-order chi connectivity index (χ1) is 9.08. The molecule has 0 fully saturated rings. The number of hydrogen-bond acceptors (Lipinski definition) is 5. The zero-order chi connectivity index (χ0) is 13.8. The Morgan fingerprint density at radius 2 is 2.21 bits per heavy atom. The summed E-state index contributed by atoms with van der Waals surface area (Å²) in [6.07, 6.45) is 1.84. The molecule has 0 radical (unpaired) electrons. The maximum absolute atomic E-state index is 10.9. The van der Waals surface area contributed by atoms with Crippen LogP contribution in [0, 0.1) is 17.0 Å². The molecule has 5 nitrogen and oxygen atoms in total. The van der Waals surface area contributed by atoms with Crippen LogP contribution in [0.2, 0.25) is 0 Å². The topological polar surface area (TPSA) is 68.1 Å². The lowest BCUT2D eigenvalue weighted by Crippen LogP contribution is -2.18. The quantitative estimate of drug-likeness (QED) is 0.673. The molecule has 2 rings (SSSR count). The summed E-state index contributed by atoms with van der Waals surface area (Å²) >= 11 is 1.63. The third-order valence-electron chi connectivity index (χ3n) is 2.80. The molecule has 1 aromatic carbocycles. The van der Waals surface area contributed by atoms with Crippen LogP contribution in [0.25, 0.3) is 0 Å². The van der Waals surface area contributed by atoms with Crippen LogP contribution in [0.4, 0.5) is 5.69 Å². The lowest BCUT2D eigenvalue weighted by molar-refractivity contribution is -0.385. The van der Waals surface area contributed by atoms with Crippen molar-refractivity contribution in [1.82, 2.24) is 10.3 Å². The summed E-state index contributed by atoms with van der Waals surface area (Å²) < 4.78 is 0. The van der Waals surface area contributed by atoms with Crippen molar-refractivity contribution in [2.75, 3.05) is 0 Å². The highest BCUT2D eigenvalue weighted by Gasteiger charge is 2.14. The number of aryl methyl sites for hydroxylation is 1. The molecule has 19 heavy (non-hydrogen) atoms. The van der Waals surface area contributed by atoms with E-state index < -0.39 is 0 Å². The lowest BCUT2D eigenvalue weighted by Gasteiger charge is -2.11. The van der Waals surface area contributed by atoms with Crippen molar-refractivity contribution in [3.05, 3.63) is 56.0 Å². The van der Waals surface area contributed by atoms with Gasteiger partial charge < -0.3 is 5.32 Å². The van der Waals surface area contributed by atoms with E-state index in [0.717, 1.165) is 9.88 Å². The van der Waals surface area contributed by atoms with Gasteiger partial charge in [-0.3, -0.25) is 10.1 Å². The van der Waals surface area contributed by atoms with Crippen LogP contribution >= 0.6 is 11.3 Å². The number of rotatable bonds is 5. The molecule has 6 heteroatoms. The smallest absolute Gasteiger partial charge is 0.273 e. The van der Waals surface area contributed by atoms with Gasteiger partial charge in [0.2, 0.25) is 0 Å². The summed E-state index contributed by atoms with van der Waals surface area (Å²) in [5.74, 6) is 0. The maximum atomic E-state index is 10.9. The van der Waals surface area contributed by atoms with Crippen LogP contribution in [-0.2, 0) is 6.54 Å². The summed E-state index contributed by atoms with van der Waals surface area (Å²) in [6, 6.07) is 6.86. The predicted molar refractivity (Wildman–Crippen MR) is 75.2 cm³/mol. The maximum Gasteiger partial charge on any atom is 0.273 e. The Hall–Kier alpha value is -1.79. The van der Waals surface area contributed by atoms with Crippen molar-refractivity contribution in [2.45, 2.75) is 26.4 Å². The number of nitro benzene ring substituents is 1. The molecule has 0 saturated heterocycles. The van der Waals surface area contributed by atoms with E-state index in [1.807, 2.05) is 26.1 Å². The van der Waals surface area contributed by atoms with Crippen LogP contribution < -0.4 is 5.32 Å². The van der Waals surface area contributed by atoms with E-state index >= 15 is 0 Å². The minimum Gasteiger partial charge on any atom is -0.304 e. The molecule has 0 aliphatic heterocycles. The molecule has 1 aromatic heterocycles. The minimum atomic E-state index is -0.352. The van der Waals surface area contributed by atoms with Gasteiger partial charge in [-0.05, 0) is 13.8 Å². The molecule has 100 valence electrons. The molecule has 2 aromatic rings. The normalized spacial score (nSPS) is 12.3. The molecule has 0 amide bonds. The van der Waals surface area contributed by atoms with Gasteiger partial charge in [-0.25, -0.2) is 4.98 Å².